The molecule has 0 unspecified atom stereocenters. The maximum Gasteiger partial charge on any atom is 0.187 e. The number of para-hydroxylation sites is 1. The fraction of sp³-hybridized carbons (Fsp3) is 0.0625. The zero-order chi connectivity index (χ0) is 12.8. The van der Waals surface area contributed by atoms with Crippen molar-refractivity contribution in [3.05, 3.63) is 78.0 Å². The lowest BCUT2D eigenvalue weighted by molar-refractivity contribution is 0.104. The largest absolute Gasteiger partial charge is 0.359 e. The molecule has 0 atom stereocenters. The van der Waals surface area contributed by atoms with Gasteiger partial charge in [0, 0.05) is 23.0 Å². The van der Waals surface area contributed by atoms with Crippen LogP contribution in [0.25, 0.3) is 0 Å². The van der Waals surface area contributed by atoms with Crippen LogP contribution in [0, 0.1) is 0 Å². The van der Waals surface area contributed by atoms with E-state index in [1.54, 1.807) is 6.08 Å². The first-order valence-electron chi connectivity index (χ1n) is 5.85. The Balaban J connectivity index is 2.07. The molecule has 0 spiro atoms. The molecule has 2 nitrogen and oxygen atoms in total. The smallest absolute Gasteiger partial charge is 0.187 e. The predicted molar refractivity (Wildman–Crippen MR) is 74.6 cm³/mol. The maximum atomic E-state index is 11.9. The molecule has 0 saturated carbocycles. The first-order chi connectivity index (χ1) is 8.75. The van der Waals surface area contributed by atoms with E-state index < -0.39 is 0 Å². The number of allylic oxidation sites excluding steroid dienone is 2. The highest BCUT2D eigenvalue weighted by Gasteiger charge is 2.01. The summed E-state index contributed by atoms with van der Waals surface area (Å²) in [6.07, 6.45) is 1.61. The van der Waals surface area contributed by atoms with Crippen LogP contribution in [0.5, 0.6) is 0 Å². The molecular weight excluding hydrogens is 222 g/mol. The molecule has 0 aromatic heterocycles. The van der Waals surface area contributed by atoms with E-state index in [0.29, 0.717) is 5.56 Å². The summed E-state index contributed by atoms with van der Waals surface area (Å²) in [4.78, 5) is 11.9. The second-order valence-electron chi connectivity index (χ2n) is 4.05. The normalized spacial score (nSPS) is 11.1. The van der Waals surface area contributed by atoms with E-state index in [2.05, 4.69) is 5.32 Å². The van der Waals surface area contributed by atoms with Crippen LogP contribution in [-0.2, 0) is 0 Å². The van der Waals surface area contributed by atoms with Crippen molar-refractivity contribution < 1.29 is 4.79 Å². The van der Waals surface area contributed by atoms with Gasteiger partial charge >= 0.3 is 0 Å². The van der Waals surface area contributed by atoms with E-state index >= 15 is 0 Å². The number of hydrogen-bond donors (Lipinski definition) is 1. The third kappa shape index (κ3) is 3.32. The molecule has 2 aromatic carbocycles. The van der Waals surface area contributed by atoms with Crippen LogP contribution in [0.4, 0.5) is 5.69 Å². The van der Waals surface area contributed by atoms with Gasteiger partial charge in [0.2, 0.25) is 0 Å². The van der Waals surface area contributed by atoms with E-state index in [9.17, 15) is 4.79 Å². The van der Waals surface area contributed by atoms with Gasteiger partial charge in [0.15, 0.2) is 5.78 Å². The number of anilines is 1. The molecule has 1 N–H and O–H groups in total. The summed E-state index contributed by atoms with van der Waals surface area (Å²) in [5.41, 5.74) is 2.51. The van der Waals surface area contributed by atoms with Crippen LogP contribution in [0.3, 0.4) is 0 Å². The third-order valence-corrected chi connectivity index (χ3v) is 2.52. The SMILES string of the molecule is C/C(=C\C(=O)c1ccccc1)Nc1ccccc1. The highest BCUT2D eigenvalue weighted by atomic mass is 16.1. The van der Waals surface area contributed by atoms with Crippen LogP contribution in [0.15, 0.2) is 72.4 Å². The zero-order valence-corrected chi connectivity index (χ0v) is 10.3. The topological polar surface area (TPSA) is 29.1 Å². The number of nitrogens with one attached hydrogen (secondary N) is 1. The number of carbonyl (C=O) groups excluding carboxylic acids is 1. The lowest BCUT2D eigenvalue weighted by Crippen LogP contribution is -2.01. The molecule has 0 aliphatic heterocycles. The van der Waals surface area contributed by atoms with Gasteiger partial charge in [-0.1, -0.05) is 48.5 Å². The molecule has 0 heterocycles. The highest BCUT2D eigenvalue weighted by Crippen LogP contribution is 2.10. The van der Waals surface area contributed by atoms with Gasteiger partial charge < -0.3 is 5.32 Å². The lowest BCUT2D eigenvalue weighted by Gasteiger charge is -2.05. The van der Waals surface area contributed by atoms with Gasteiger partial charge in [0.25, 0.3) is 0 Å². The van der Waals surface area contributed by atoms with Crippen LogP contribution >= 0.6 is 0 Å². The molecule has 0 aliphatic carbocycles. The first kappa shape index (κ1) is 12.1. The third-order valence-electron chi connectivity index (χ3n) is 2.52. The Morgan fingerprint density at radius 3 is 2.11 bits per heavy atom. The van der Waals surface area contributed by atoms with Crippen molar-refractivity contribution in [3.8, 4) is 0 Å². The van der Waals surface area contributed by atoms with Gasteiger partial charge in [-0.2, -0.15) is 0 Å². The number of hydrogen-bond acceptors (Lipinski definition) is 2. The van der Waals surface area contributed by atoms with Gasteiger partial charge in [-0.3, -0.25) is 4.79 Å². The summed E-state index contributed by atoms with van der Waals surface area (Å²) in [6.45, 7) is 1.88. The fourth-order valence-electron chi connectivity index (χ4n) is 1.67. The highest BCUT2D eigenvalue weighted by molar-refractivity contribution is 6.05. The van der Waals surface area contributed by atoms with Crippen molar-refractivity contribution in [2.75, 3.05) is 5.32 Å². The number of benzene rings is 2. The summed E-state index contributed by atoms with van der Waals surface area (Å²) in [6, 6.07) is 19.0. The van der Waals surface area contributed by atoms with Crippen molar-refractivity contribution in [3.63, 3.8) is 0 Å². The Hall–Kier alpha value is -2.35. The molecule has 0 amide bonds. The molecule has 2 rings (SSSR count). The minimum absolute atomic E-state index is 0.0107. The molecule has 0 bridgehead atoms. The summed E-state index contributed by atoms with van der Waals surface area (Å²) >= 11 is 0. The van der Waals surface area contributed by atoms with E-state index in [0.717, 1.165) is 11.4 Å². The molecule has 18 heavy (non-hydrogen) atoms. The average molecular weight is 237 g/mol. The van der Waals surface area contributed by atoms with Gasteiger partial charge in [-0.05, 0) is 19.1 Å². The van der Waals surface area contributed by atoms with E-state index in [4.69, 9.17) is 0 Å². The first-order valence-corrected chi connectivity index (χ1v) is 5.85. The Labute approximate surface area is 107 Å². The van der Waals surface area contributed by atoms with E-state index in [1.165, 1.54) is 0 Å². The van der Waals surface area contributed by atoms with E-state index in [-0.39, 0.29) is 5.78 Å². The van der Waals surface area contributed by atoms with Gasteiger partial charge in [-0.15, -0.1) is 0 Å². The molecule has 0 aliphatic rings. The summed E-state index contributed by atoms with van der Waals surface area (Å²) in [5, 5.41) is 3.18. The molecule has 90 valence electrons. The standard InChI is InChI=1S/C16H15NO/c1-13(17-15-10-6-3-7-11-15)12-16(18)14-8-4-2-5-9-14/h2-12,17H,1H3/b13-12+. The molecule has 2 heteroatoms. The Kier molecular flexibility index (Phi) is 3.92. The van der Waals surface area contributed by atoms with Crippen LogP contribution in [0.1, 0.15) is 17.3 Å². The summed E-state index contributed by atoms with van der Waals surface area (Å²) in [7, 11) is 0. The van der Waals surface area contributed by atoms with Gasteiger partial charge in [0.1, 0.15) is 0 Å². The molecule has 0 radical (unpaired) electrons. The zero-order valence-electron chi connectivity index (χ0n) is 10.3. The maximum absolute atomic E-state index is 11.9. The van der Waals surface area contributed by atoms with Gasteiger partial charge in [-0.25, -0.2) is 0 Å². The number of carbonyl (C=O) groups is 1. The van der Waals surface area contributed by atoms with E-state index in [1.807, 2.05) is 67.6 Å². The van der Waals surface area contributed by atoms with Crippen LogP contribution in [0.2, 0.25) is 0 Å². The van der Waals surface area contributed by atoms with Crippen molar-refractivity contribution in [2.45, 2.75) is 6.92 Å². The second kappa shape index (κ2) is 5.82. The summed E-state index contributed by atoms with van der Waals surface area (Å²) < 4.78 is 0. The Bertz CT molecular complexity index is 544. The Morgan fingerprint density at radius 2 is 1.50 bits per heavy atom. The number of rotatable bonds is 4. The van der Waals surface area contributed by atoms with Gasteiger partial charge in [0.05, 0.1) is 0 Å². The molecule has 2 aromatic rings. The van der Waals surface area contributed by atoms with Crippen LogP contribution in [-0.4, -0.2) is 5.78 Å². The Morgan fingerprint density at radius 1 is 0.944 bits per heavy atom. The average Bonchev–Trinajstić information content (AvgIpc) is 2.40. The quantitative estimate of drug-likeness (QED) is 0.645. The molecular formula is C16H15NO. The number of ketones is 1. The van der Waals surface area contributed by atoms with Crippen LogP contribution < -0.4 is 5.32 Å². The predicted octanol–water partition coefficient (Wildman–Crippen LogP) is 3.89. The minimum Gasteiger partial charge on any atom is -0.359 e. The summed E-state index contributed by atoms with van der Waals surface area (Å²) in [5.74, 6) is 0.0107. The monoisotopic (exact) mass is 237 g/mol. The molecule has 0 saturated heterocycles. The van der Waals surface area contributed by atoms with Crippen molar-refractivity contribution in [1.82, 2.24) is 0 Å². The second-order valence-corrected chi connectivity index (χ2v) is 4.05. The molecule has 0 fully saturated rings. The fourth-order valence-corrected chi connectivity index (χ4v) is 1.67. The lowest BCUT2D eigenvalue weighted by atomic mass is 10.1. The van der Waals surface area contributed by atoms with Crippen molar-refractivity contribution in [2.24, 2.45) is 0 Å². The minimum atomic E-state index is 0.0107. The van der Waals surface area contributed by atoms with Crippen molar-refractivity contribution in [1.29, 1.82) is 0 Å². The van der Waals surface area contributed by atoms with Crippen molar-refractivity contribution >= 4 is 11.5 Å².